The number of carbonyl (C=O) groups is 2. The van der Waals surface area contributed by atoms with Crippen LogP contribution in [0.25, 0.3) is 0 Å². The van der Waals surface area contributed by atoms with Crippen molar-refractivity contribution >= 4 is 17.5 Å². The molecule has 0 saturated carbocycles. The Morgan fingerprint density at radius 3 is 2.55 bits per heavy atom. The van der Waals surface area contributed by atoms with Crippen molar-refractivity contribution in [3.05, 3.63) is 24.3 Å². The summed E-state index contributed by atoms with van der Waals surface area (Å²) < 4.78 is 5.14. The predicted molar refractivity (Wildman–Crippen MR) is 87.9 cm³/mol. The number of ether oxygens (including phenoxy) is 1. The van der Waals surface area contributed by atoms with Crippen molar-refractivity contribution in [1.29, 1.82) is 0 Å². The second-order valence-electron chi connectivity index (χ2n) is 5.28. The van der Waals surface area contributed by atoms with Crippen LogP contribution in [-0.2, 0) is 9.59 Å². The molecule has 0 bridgehead atoms. The third kappa shape index (κ3) is 5.76. The first-order valence-electron chi connectivity index (χ1n) is 7.84. The lowest BCUT2D eigenvalue weighted by Crippen LogP contribution is -2.38. The number of rotatable bonds is 8. The molecule has 0 spiro atoms. The van der Waals surface area contributed by atoms with E-state index in [9.17, 15) is 9.59 Å². The number of carbonyl (C=O) groups excluding carboxylic acids is 2. The Labute approximate surface area is 132 Å². The van der Waals surface area contributed by atoms with Gasteiger partial charge in [-0.15, -0.1) is 0 Å². The smallest absolute Gasteiger partial charge is 0.313 e. The average molecular weight is 306 g/mol. The van der Waals surface area contributed by atoms with Gasteiger partial charge in [-0.1, -0.05) is 45.2 Å². The van der Waals surface area contributed by atoms with Crippen molar-refractivity contribution in [1.82, 2.24) is 5.32 Å². The van der Waals surface area contributed by atoms with Crippen LogP contribution in [0.4, 0.5) is 5.69 Å². The highest BCUT2D eigenvalue weighted by Crippen LogP contribution is 2.22. The fraction of sp³-hybridized carbons (Fsp3) is 0.529. The fourth-order valence-electron chi connectivity index (χ4n) is 2.19. The van der Waals surface area contributed by atoms with E-state index in [1.165, 1.54) is 7.11 Å². The molecule has 0 heterocycles. The van der Waals surface area contributed by atoms with Crippen LogP contribution in [0.5, 0.6) is 5.75 Å². The summed E-state index contributed by atoms with van der Waals surface area (Å²) >= 11 is 0. The number of hydrogen-bond donors (Lipinski definition) is 2. The standard InChI is InChI=1S/C17H26N2O3/c1-4-6-9-13(5-2)12-18-16(20)17(21)19-14-10-7-8-11-15(14)22-3/h7-8,10-11,13H,4-6,9,12H2,1-3H3,(H,18,20)(H,19,21)/t13-/m0/s1. The quantitative estimate of drug-likeness (QED) is 0.726. The van der Waals surface area contributed by atoms with Crippen LogP contribution in [0.2, 0.25) is 0 Å². The van der Waals surface area contributed by atoms with Gasteiger partial charge in [-0.05, 0) is 24.5 Å². The molecule has 5 nitrogen and oxygen atoms in total. The molecule has 0 unspecified atom stereocenters. The van der Waals surface area contributed by atoms with Crippen molar-refractivity contribution in [2.24, 2.45) is 5.92 Å². The zero-order valence-electron chi connectivity index (χ0n) is 13.6. The number of para-hydroxylation sites is 2. The van der Waals surface area contributed by atoms with E-state index >= 15 is 0 Å². The molecule has 1 rings (SSSR count). The topological polar surface area (TPSA) is 67.4 Å². The van der Waals surface area contributed by atoms with Gasteiger partial charge in [0.1, 0.15) is 5.75 Å². The van der Waals surface area contributed by atoms with Crippen LogP contribution in [0.3, 0.4) is 0 Å². The summed E-state index contributed by atoms with van der Waals surface area (Å²) in [6.45, 7) is 4.78. The number of amides is 2. The van der Waals surface area contributed by atoms with Gasteiger partial charge >= 0.3 is 11.8 Å². The van der Waals surface area contributed by atoms with E-state index in [1.54, 1.807) is 24.3 Å². The first-order chi connectivity index (χ1) is 10.6. The zero-order chi connectivity index (χ0) is 16.4. The summed E-state index contributed by atoms with van der Waals surface area (Å²) in [5.74, 6) is -0.336. The Balaban J connectivity index is 2.49. The molecule has 0 aliphatic rings. The maximum absolute atomic E-state index is 11.9. The van der Waals surface area contributed by atoms with Gasteiger partial charge in [0.25, 0.3) is 0 Å². The lowest BCUT2D eigenvalue weighted by atomic mass is 9.99. The van der Waals surface area contributed by atoms with Crippen molar-refractivity contribution in [2.75, 3.05) is 19.0 Å². The monoisotopic (exact) mass is 306 g/mol. The Bertz CT molecular complexity index is 489. The minimum Gasteiger partial charge on any atom is -0.495 e. The van der Waals surface area contributed by atoms with Gasteiger partial charge in [0.05, 0.1) is 12.8 Å². The molecular formula is C17H26N2O3. The van der Waals surface area contributed by atoms with Crippen LogP contribution in [0.15, 0.2) is 24.3 Å². The molecule has 2 N–H and O–H groups in total. The maximum Gasteiger partial charge on any atom is 0.313 e. The molecule has 1 aromatic carbocycles. The second kappa shape index (κ2) is 9.82. The summed E-state index contributed by atoms with van der Waals surface area (Å²) in [5, 5.41) is 5.28. The van der Waals surface area contributed by atoms with Crippen molar-refractivity contribution in [3.8, 4) is 5.75 Å². The SMILES string of the molecule is CCCC[C@H](CC)CNC(=O)C(=O)Nc1ccccc1OC. The second-order valence-corrected chi connectivity index (χ2v) is 5.28. The Morgan fingerprint density at radius 1 is 1.18 bits per heavy atom. The molecule has 0 fully saturated rings. The van der Waals surface area contributed by atoms with Crippen LogP contribution >= 0.6 is 0 Å². The predicted octanol–water partition coefficient (Wildman–Crippen LogP) is 2.97. The lowest BCUT2D eigenvalue weighted by Gasteiger charge is -2.15. The van der Waals surface area contributed by atoms with E-state index in [1.807, 2.05) is 0 Å². The van der Waals surface area contributed by atoms with E-state index in [0.717, 1.165) is 25.7 Å². The summed E-state index contributed by atoms with van der Waals surface area (Å²) in [6.07, 6.45) is 4.34. The fourth-order valence-corrected chi connectivity index (χ4v) is 2.19. The minimum atomic E-state index is -0.671. The first kappa shape index (κ1) is 18.0. The van der Waals surface area contributed by atoms with Gasteiger partial charge < -0.3 is 15.4 Å². The highest BCUT2D eigenvalue weighted by atomic mass is 16.5. The third-order valence-electron chi connectivity index (χ3n) is 3.66. The van der Waals surface area contributed by atoms with E-state index in [2.05, 4.69) is 24.5 Å². The van der Waals surface area contributed by atoms with Gasteiger partial charge in [-0.25, -0.2) is 0 Å². The number of methoxy groups -OCH3 is 1. The highest BCUT2D eigenvalue weighted by Gasteiger charge is 2.16. The van der Waals surface area contributed by atoms with Crippen molar-refractivity contribution in [2.45, 2.75) is 39.5 Å². The minimum absolute atomic E-state index is 0.419. The molecular weight excluding hydrogens is 280 g/mol. The molecule has 0 radical (unpaired) electrons. The molecule has 0 saturated heterocycles. The molecule has 22 heavy (non-hydrogen) atoms. The number of benzene rings is 1. The Hall–Kier alpha value is -2.04. The van der Waals surface area contributed by atoms with Crippen molar-refractivity contribution < 1.29 is 14.3 Å². The van der Waals surface area contributed by atoms with Gasteiger partial charge in [0.15, 0.2) is 0 Å². The normalized spacial score (nSPS) is 11.6. The molecule has 1 aromatic rings. The summed E-state index contributed by atoms with van der Waals surface area (Å²) in [7, 11) is 1.52. The molecule has 122 valence electrons. The molecule has 0 aliphatic heterocycles. The molecule has 2 amide bonds. The van der Waals surface area contributed by atoms with Gasteiger partial charge in [-0.2, -0.15) is 0 Å². The van der Waals surface area contributed by atoms with Crippen molar-refractivity contribution in [3.63, 3.8) is 0 Å². The molecule has 5 heteroatoms. The van der Waals surface area contributed by atoms with E-state index in [-0.39, 0.29) is 0 Å². The van der Waals surface area contributed by atoms with E-state index in [0.29, 0.717) is 23.9 Å². The van der Waals surface area contributed by atoms with Crippen LogP contribution in [-0.4, -0.2) is 25.5 Å². The average Bonchev–Trinajstić information content (AvgIpc) is 2.55. The highest BCUT2D eigenvalue weighted by molar-refractivity contribution is 6.39. The van der Waals surface area contributed by atoms with Gasteiger partial charge in [0, 0.05) is 6.54 Å². The zero-order valence-corrected chi connectivity index (χ0v) is 13.6. The number of nitrogens with one attached hydrogen (secondary N) is 2. The molecule has 0 aromatic heterocycles. The first-order valence-corrected chi connectivity index (χ1v) is 7.84. The summed E-state index contributed by atoms with van der Waals surface area (Å²) in [4.78, 5) is 23.8. The van der Waals surface area contributed by atoms with E-state index < -0.39 is 11.8 Å². The van der Waals surface area contributed by atoms with Crippen LogP contribution < -0.4 is 15.4 Å². The summed E-state index contributed by atoms with van der Waals surface area (Å²) in [5.41, 5.74) is 0.489. The molecule has 0 aliphatic carbocycles. The van der Waals surface area contributed by atoms with E-state index in [4.69, 9.17) is 4.74 Å². The maximum atomic E-state index is 11.9. The Morgan fingerprint density at radius 2 is 1.91 bits per heavy atom. The molecule has 1 atom stereocenters. The third-order valence-corrected chi connectivity index (χ3v) is 3.66. The number of hydrogen-bond acceptors (Lipinski definition) is 3. The number of anilines is 1. The number of unbranched alkanes of at least 4 members (excludes halogenated alkanes) is 1. The summed E-state index contributed by atoms with van der Waals surface area (Å²) in [6, 6.07) is 6.99. The van der Waals surface area contributed by atoms with Crippen LogP contribution in [0.1, 0.15) is 39.5 Å². The lowest BCUT2D eigenvalue weighted by molar-refractivity contribution is -0.136. The van der Waals surface area contributed by atoms with Gasteiger partial charge in [0.2, 0.25) is 0 Å². The van der Waals surface area contributed by atoms with Gasteiger partial charge in [-0.3, -0.25) is 9.59 Å². The largest absolute Gasteiger partial charge is 0.495 e. The Kier molecular flexibility index (Phi) is 8.04. The van der Waals surface area contributed by atoms with Crippen LogP contribution in [0, 0.1) is 5.92 Å².